The summed E-state index contributed by atoms with van der Waals surface area (Å²) in [4.78, 5) is 4.03. The first-order valence-corrected chi connectivity index (χ1v) is 6.30. The van der Waals surface area contributed by atoms with Gasteiger partial charge in [0.15, 0.2) is 0 Å². The van der Waals surface area contributed by atoms with E-state index in [1.54, 1.807) is 0 Å². The topological polar surface area (TPSA) is 38.9 Å². The van der Waals surface area contributed by atoms with E-state index >= 15 is 0 Å². The molecule has 94 valence electrons. The standard InChI is InChI=1S/C16H20N2/c1-11-8-13(3)15(9-12(11)2)16(17)10-14-4-6-18-7-5-14/h4-9,16H,10,17H2,1-3H3. The lowest BCUT2D eigenvalue weighted by molar-refractivity contribution is 0.714. The number of nitrogens with zero attached hydrogens (tertiary/aromatic N) is 1. The van der Waals surface area contributed by atoms with E-state index in [1.165, 1.54) is 27.8 Å². The molecule has 0 spiro atoms. The average Bonchev–Trinajstić information content (AvgIpc) is 2.35. The fraction of sp³-hybridized carbons (Fsp3) is 0.312. The number of nitrogens with two attached hydrogens (primary N) is 1. The van der Waals surface area contributed by atoms with Gasteiger partial charge >= 0.3 is 0 Å². The predicted molar refractivity (Wildman–Crippen MR) is 75.5 cm³/mol. The number of benzene rings is 1. The Hall–Kier alpha value is -1.67. The van der Waals surface area contributed by atoms with E-state index in [2.05, 4.69) is 37.9 Å². The Bertz CT molecular complexity index is 532. The van der Waals surface area contributed by atoms with E-state index in [-0.39, 0.29) is 6.04 Å². The van der Waals surface area contributed by atoms with E-state index in [1.807, 2.05) is 24.5 Å². The van der Waals surface area contributed by atoms with Crippen LogP contribution < -0.4 is 5.73 Å². The average molecular weight is 240 g/mol. The second-order valence-corrected chi connectivity index (χ2v) is 4.96. The number of pyridine rings is 1. The van der Waals surface area contributed by atoms with Crippen molar-refractivity contribution in [2.75, 3.05) is 0 Å². The highest BCUT2D eigenvalue weighted by atomic mass is 14.6. The highest BCUT2D eigenvalue weighted by molar-refractivity contribution is 5.38. The molecule has 1 aromatic carbocycles. The maximum atomic E-state index is 6.33. The van der Waals surface area contributed by atoms with Crippen molar-refractivity contribution in [3.63, 3.8) is 0 Å². The molecule has 1 atom stereocenters. The van der Waals surface area contributed by atoms with Crippen LogP contribution in [0, 0.1) is 20.8 Å². The number of aromatic nitrogens is 1. The summed E-state index contributed by atoms with van der Waals surface area (Å²) >= 11 is 0. The van der Waals surface area contributed by atoms with Crippen molar-refractivity contribution in [3.8, 4) is 0 Å². The molecule has 0 saturated heterocycles. The molecule has 1 unspecified atom stereocenters. The summed E-state index contributed by atoms with van der Waals surface area (Å²) in [5, 5.41) is 0. The van der Waals surface area contributed by atoms with E-state index in [4.69, 9.17) is 5.73 Å². The van der Waals surface area contributed by atoms with Crippen LogP contribution in [0.15, 0.2) is 36.7 Å². The molecule has 2 rings (SSSR count). The first kappa shape index (κ1) is 12.8. The molecule has 0 radical (unpaired) electrons. The monoisotopic (exact) mass is 240 g/mol. The first-order chi connectivity index (χ1) is 8.58. The molecule has 0 amide bonds. The highest BCUT2D eigenvalue weighted by Crippen LogP contribution is 2.22. The van der Waals surface area contributed by atoms with Gasteiger partial charge in [-0.15, -0.1) is 0 Å². The van der Waals surface area contributed by atoms with Gasteiger partial charge in [0.2, 0.25) is 0 Å². The van der Waals surface area contributed by atoms with Gasteiger partial charge < -0.3 is 5.73 Å². The van der Waals surface area contributed by atoms with Crippen LogP contribution in [-0.2, 0) is 6.42 Å². The van der Waals surface area contributed by atoms with Crippen molar-refractivity contribution < 1.29 is 0 Å². The zero-order valence-corrected chi connectivity index (χ0v) is 11.3. The zero-order valence-electron chi connectivity index (χ0n) is 11.3. The Morgan fingerprint density at radius 2 is 1.61 bits per heavy atom. The van der Waals surface area contributed by atoms with Gasteiger partial charge in [0, 0.05) is 18.4 Å². The van der Waals surface area contributed by atoms with E-state index in [0.29, 0.717) is 0 Å². The van der Waals surface area contributed by atoms with Crippen LogP contribution in [0.4, 0.5) is 0 Å². The largest absolute Gasteiger partial charge is 0.324 e. The molecule has 0 aliphatic carbocycles. The fourth-order valence-electron chi connectivity index (χ4n) is 2.27. The Morgan fingerprint density at radius 1 is 1.00 bits per heavy atom. The third-order valence-corrected chi connectivity index (χ3v) is 3.49. The van der Waals surface area contributed by atoms with Gasteiger partial charge in [-0.05, 0) is 67.1 Å². The van der Waals surface area contributed by atoms with Crippen molar-refractivity contribution in [1.82, 2.24) is 4.98 Å². The smallest absolute Gasteiger partial charge is 0.0338 e. The Balaban J connectivity index is 2.24. The van der Waals surface area contributed by atoms with Crippen LogP contribution in [0.2, 0.25) is 0 Å². The number of hydrogen-bond acceptors (Lipinski definition) is 2. The Morgan fingerprint density at radius 3 is 2.28 bits per heavy atom. The number of aryl methyl sites for hydroxylation is 3. The zero-order chi connectivity index (χ0) is 13.1. The van der Waals surface area contributed by atoms with Crippen LogP contribution in [0.5, 0.6) is 0 Å². The molecule has 0 fully saturated rings. The summed E-state index contributed by atoms with van der Waals surface area (Å²) in [6.07, 6.45) is 4.48. The quantitative estimate of drug-likeness (QED) is 0.894. The summed E-state index contributed by atoms with van der Waals surface area (Å²) in [5.41, 5.74) is 12.7. The Labute approximate surface area is 109 Å². The van der Waals surface area contributed by atoms with Gasteiger partial charge in [-0.25, -0.2) is 0 Å². The minimum Gasteiger partial charge on any atom is -0.324 e. The van der Waals surface area contributed by atoms with Crippen LogP contribution in [0.1, 0.15) is 33.9 Å². The molecule has 2 heteroatoms. The number of rotatable bonds is 3. The van der Waals surface area contributed by atoms with Gasteiger partial charge in [-0.1, -0.05) is 12.1 Å². The molecule has 0 aliphatic heterocycles. The minimum atomic E-state index is 0.0479. The van der Waals surface area contributed by atoms with Crippen molar-refractivity contribution >= 4 is 0 Å². The lowest BCUT2D eigenvalue weighted by Gasteiger charge is -2.17. The van der Waals surface area contributed by atoms with Crippen LogP contribution in [0.25, 0.3) is 0 Å². The van der Waals surface area contributed by atoms with E-state index in [9.17, 15) is 0 Å². The lowest BCUT2D eigenvalue weighted by atomic mass is 9.93. The lowest BCUT2D eigenvalue weighted by Crippen LogP contribution is -2.15. The maximum absolute atomic E-state index is 6.33. The summed E-state index contributed by atoms with van der Waals surface area (Å²) < 4.78 is 0. The molecule has 2 N–H and O–H groups in total. The molecule has 0 saturated carbocycles. The van der Waals surface area contributed by atoms with Crippen LogP contribution in [0.3, 0.4) is 0 Å². The summed E-state index contributed by atoms with van der Waals surface area (Å²) in [6.45, 7) is 6.41. The van der Waals surface area contributed by atoms with Gasteiger partial charge in [-0.3, -0.25) is 4.98 Å². The van der Waals surface area contributed by atoms with Crippen molar-refractivity contribution in [1.29, 1.82) is 0 Å². The van der Waals surface area contributed by atoms with Gasteiger partial charge in [-0.2, -0.15) is 0 Å². The van der Waals surface area contributed by atoms with Gasteiger partial charge in [0.1, 0.15) is 0 Å². The molecular weight excluding hydrogens is 220 g/mol. The molecule has 0 aliphatic rings. The van der Waals surface area contributed by atoms with Gasteiger partial charge in [0.05, 0.1) is 0 Å². The molecule has 18 heavy (non-hydrogen) atoms. The third-order valence-electron chi connectivity index (χ3n) is 3.49. The minimum absolute atomic E-state index is 0.0479. The second-order valence-electron chi connectivity index (χ2n) is 4.96. The molecule has 0 bridgehead atoms. The predicted octanol–water partition coefficient (Wildman–Crippen LogP) is 3.25. The molecule has 2 nitrogen and oxygen atoms in total. The summed E-state index contributed by atoms with van der Waals surface area (Å²) in [6, 6.07) is 8.53. The van der Waals surface area contributed by atoms with E-state index < -0.39 is 0 Å². The second kappa shape index (κ2) is 5.32. The molecular formula is C16H20N2. The molecule has 2 aromatic rings. The summed E-state index contributed by atoms with van der Waals surface area (Å²) in [5.74, 6) is 0. The van der Waals surface area contributed by atoms with Crippen molar-refractivity contribution in [2.24, 2.45) is 5.73 Å². The van der Waals surface area contributed by atoms with Crippen LogP contribution in [-0.4, -0.2) is 4.98 Å². The maximum Gasteiger partial charge on any atom is 0.0338 e. The SMILES string of the molecule is Cc1cc(C)c(C(N)Cc2ccncc2)cc1C. The van der Waals surface area contributed by atoms with Crippen molar-refractivity contribution in [3.05, 3.63) is 64.5 Å². The van der Waals surface area contributed by atoms with Crippen molar-refractivity contribution in [2.45, 2.75) is 33.2 Å². The molecule has 1 heterocycles. The first-order valence-electron chi connectivity index (χ1n) is 6.30. The van der Waals surface area contributed by atoms with Gasteiger partial charge in [0.25, 0.3) is 0 Å². The highest BCUT2D eigenvalue weighted by Gasteiger charge is 2.11. The fourth-order valence-corrected chi connectivity index (χ4v) is 2.27. The van der Waals surface area contributed by atoms with Crippen LogP contribution >= 0.6 is 0 Å². The summed E-state index contributed by atoms with van der Waals surface area (Å²) in [7, 11) is 0. The molecule has 1 aromatic heterocycles. The Kier molecular flexibility index (Phi) is 3.78. The number of hydrogen-bond donors (Lipinski definition) is 1. The van der Waals surface area contributed by atoms with E-state index in [0.717, 1.165) is 6.42 Å². The third kappa shape index (κ3) is 2.77. The normalized spacial score (nSPS) is 12.4.